The third-order valence-electron chi connectivity index (χ3n) is 2.29. The van der Waals surface area contributed by atoms with Gasteiger partial charge in [0.2, 0.25) is 0 Å². The molecule has 2 aromatic rings. The average molecular weight is 218 g/mol. The Labute approximate surface area is 92.1 Å². The second-order valence-electron chi connectivity index (χ2n) is 3.47. The van der Waals surface area contributed by atoms with E-state index in [9.17, 15) is 4.39 Å². The molecular formula is C11H11FN4. The maximum Gasteiger partial charge on any atom is 0.157 e. The minimum absolute atomic E-state index is 0.0474. The first-order valence-electron chi connectivity index (χ1n) is 4.72. The number of nitrogen functional groups attached to an aromatic ring is 2. The lowest BCUT2D eigenvalue weighted by molar-refractivity contribution is 0.636. The minimum atomic E-state index is -0.543. The summed E-state index contributed by atoms with van der Waals surface area (Å²) in [6.45, 7) is 1.81. The first-order chi connectivity index (χ1) is 7.59. The van der Waals surface area contributed by atoms with E-state index in [1.807, 2.05) is 6.92 Å². The molecule has 0 spiro atoms. The van der Waals surface area contributed by atoms with Crippen LogP contribution in [0.1, 0.15) is 5.69 Å². The number of aryl methyl sites for hydroxylation is 1. The highest BCUT2D eigenvalue weighted by Gasteiger charge is 2.11. The van der Waals surface area contributed by atoms with Crippen LogP contribution in [0.25, 0.3) is 11.3 Å². The summed E-state index contributed by atoms with van der Waals surface area (Å²) in [5.41, 5.74) is 12.8. The van der Waals surface area contributed by atoms with Gasteiger partial charge in [0.25, 0.3) is 0 Å². The zero-order chi connectivity index (χ0) is 11.7. The second-order valence-corrected chi connectivity index (χ2v) is 3.47. The van der Waals surface area contributed by atoms with Gasteiger partial charge in [0.15, 0.2) is 5.82 Å². The number of hydrogen-bond acceptors (Lipinski definition) is 4. The van der Waals surface area contributed by atoms with Gasteiger partial charge >= 0.3 is 0 Å². The summed E-state index contributed by atoms with van der Waals surface area (Å²) in [4.78, 5) is 7.94. The molecule has 5 heteroatoms. The van der Waals surface area contributed by atoms with E-state index in [1.165, 1.54) is 6.33 Å². The van der Waals surface area contributed by atoms with Crippen LogP contribution in [0.2, 0.25) is 0 Å². The van der Waals surface area contributed by atoms with E-state index in [4.69, 9.17) is 11.5 Å². The van der Waals surface area contributed by atoms with Gasteiger partial charge in [0.1, 0.15) is 6.33 Å². The molecule has 2 rings (SSSR count). The molecule has 0 atom stereocenters. The van der Waals surface area contributed by atoms with Crippen molar-refractivity contribution in [2.45, 2.75) is 6.92 Å². The molecule has 0 aliphatic carbocycles. The number of benzene rings is 1. The Hall–Kier alpha value is -2.17. The molecule has 82 valence electrons. The molecule has 0 unspecified atom stereocenters. The average Bonchev–Trinajstić information content (AvgIpc) is 2.26. The molecule has 0 fully saturated rings. The third-order valence-corrected chi connectivity index (χ3v) is 2.29. The van der Waals surface area contributed by atoms with E-state index < -0.39 is 5.82 Å². The monoisotopic (exact) mass is 218 g/mol. The topological polar surface area (TPSA) is 77.8 Å². The van der Waals surface area contributed by atoms with Crippen molar-refractivity contribution in [1.82, 2.24) is 9.97 Å². The summed E-state index contributed by atoms with van der Waals surface area (Å²) in [6, 6.07) is 4.81. The second kappa shape index (κ2) is 3.77. The highest BCUT2D eigenvalue weighted by atomic mass is 19.1. The van der Waals surface area contributed by atoms with Crippen LogP contribution in [0.4, 0.5) is 15.8 Å². The van der Waals surface area contributed by atoms with Gasteiger partial charge in [-0.1, -0.05) is 0 Å². The van der Waals surface area contributed by atoms with Crippen LogP contribution in [0.5, 0.6) is 0 Å². The zero-order valence-corrected chi connectivity index (χ0v) is 8.74. The molecule has 1 aromatic carbocycles. The lowest BCUT2D eigenvalue weighted by Crippen LogP contribution is -2.00. The first-order valence-corrected chi connectivity index (χ1v) is 4.72. The predicted octanol–water partition coefficient (Wildman–Crippen LogP) is 1.76. The van der Waals surface area contributed by atoms with E-state index in [1.54, 1.807) is 18.2 Å². The molecule has 0 aliphatic heterocycles. The summed E-state index contributed by atoms with van der Waals surface area (Å²) in [7, 11) is 0. The Morgan fingerprint density at radius 2 is 1.94 bits per heavy atom. The van der Waals surface area contributed by atoms with Crippen molar-refractivity contribution in [3.05, 3.63) is 36.0 Å². The van der Waals surface area contributed by atoms with Crippen LogP contribution in [-0.4, -0.2) is 9.97 Å². The highest BCUT2D eigenvalue weighted by molar-refractivity contribution is 5.74. The largest absolute Gasteiger partial charge is 0.397 e. The molecule has 16 heavy (non-hydrogen) atoms. The predicted molar refractivity (Wildman–Crippen MR) is 61.0 cm³/mol. The van der Waals surface area contributed by atoms with Crippen molar-refractivity contribution >= 4 is 11.4 Å². The maximum atomic E-state index is 13.8. The maximum absolute atomic E-state index is 13.8. The lowest BCUT2D eigenvalue weighted by atomic mass is 10.1. The van der Waals surface area contributed by atoms with E-state index in [2.05, 4.69) is 9.97 Å². The number of aromatic nitrogens is 2. The molecule has 4 nitrogen and oxygen atoms in total. The number of hydrogen-bond donors (Lipinski definition) is 2. The molecule has 0 radical (unpaired) electrons. The standard InChI is InChI=1S/C11H11FN4/c1-6-4-9(16-5-15-6)7-2-3-8(13)11(14)10(7)12/h2-5H,13-14H2,1H3. The molecule has 0 saturated carbocycles. The van der Waals surface area contributed by atoms with Gasteiger partial charge < -0.3 is 11.5 Å². The van der Waals surface area contributed by atoms with E-state index in [0.29, 0.717) is 11.3 Å². The molecule has 1 heterocycles. The van der Waals surface area contributed by atoms with E-state index in [0.717, 1.165) is 5.69 Å². The van der Waals surface area contributed by atoms with Crippen molar-refractivity contribution in [2.75, 3.05) is 11.5 Å². The first kappa shape index (κ1) is 10.4. The van der Waals surface area contributed by atoms with Gasteiger partial charge in [-0.2, -0.15) is 0 Å². The number of nitrogens with zero attached hydrogens (tertiary/aromatic N) is 2. The molecule has 0 bridgehead atoms. The Bertz CT molecular complexity index is 540. The number of anilines is 2. The molecule has 0 aliphatic rings. The third kappa shape index (κ3) is 1.67. The normalized spacial score (nSPS) is 10.4. The smallest absolute Gasteiger partial charge is 0.157 e. The van der Waals surface area contributed by atoms with Crippen molar-refractivity contribution < 1.29 is 4.39 Å². The Morgan fingerprint density at radius 1 is 1.19 bits per heavy atom. The number of halogens is 1. The summed E-state index contributed by atoms with van der Waals surface area (Å²) < 4.78 is 13.8. The fourth-order valence-electron chi connectivity index (χ4n) is 1.41. The molecular weight excluding hydrogens is 207 g/mol. The van der Waals surface area contributed by atoms with Gasteiger partial charge in [-0.25, -0.2) is 14.4 Å². The van der Waals surface area contributed by atoms with Crippen molar-refractivity contribution in [2.24, 2.45) is 0 Å². The summed E-state index contributed by atoms with van der Waals surface area (Å²) in [5, 5.41) is 0. The summed E-state index contributed by atoms with van der Waals surface area (Å²) in [6.07, 6.45) is 1.39. The quantitative estimate of drug-likeness (QED) is 0.715. The van der Waals surface area contributed by atoms with Gasteiger partial charge in [0.05, 0.1) is 17.1 Å². The van der Waals surface area contributed by atoms with Crippen LogP contribution in [0, 0.1) is 12.7 Å². The van der Waals surface area contributed by atoms with Gasteiger partial charge in [-0.05, 0) is 25.1 Å². The Kier molecular flexibility index (Phi) is 2.44. The van der Waals surface area contributed by atoms with Gasteiger partial charge in [-0.3, -0.25) is 0 Å². The Balaban J connectivity index is 2.61. The van der Waals surface area contributed by atoms with Crippen LogP contribution in [-0.2, 0) is 0 Å². The van der Waals surface area contributed by atoms with Gasteiger partial charge in [-0.15, -0.1) is 0 Å². The number of nitrogens with two attached hydrogens (primary N) is 2. The molecule has 1 aromatic heterocycles. The van der Waals surface area contributed by atoms with Crippen LogP contribution >= 0.6 is 0 Å². The fraction of sp³-hybridized carbons (Fsp3) is 0.0909. The SMILES string of the molecule is Cc1cc(-c2ccc(N)c(N)c2F)ncn1. The molecule has 4 N–H and O–H groups in total. The number of rotatable bonds is 1. The zero-order valence-electron chi connectivity index (χ0n) is 8.74. The highest BCUT2D eigenvalue weighted by Crippen LogP contribution is 2.28. The molecule has 0 saturated heterocycles. The Morgan fingerprint density at radius 3 is 2.62 bits per heavy atom. The minimum Gasteiger partial charge on any atom is -0.397 e. The van der Waals surface area contributed by atoms with E-state index in [-0.39, 0.29) is 11.4 Å². The summed E-state index contributed by atoms with van der Waals surface area (Å²) >= 11 is 0. The molecule has 0 amide bonds. The van der Waals surface area contributed by atoms with Crippen LogP contribution < -0.4 is 11.5 Å². The fourth-order valence-corrected chi connectivity index (χ4v) is 1.41. The summed E-state index contributed by atoms with van der Waals surface area (Å²) in [5.74, 6) is -0.543. The van der Waals surface area contributed by atoms with Crippen LogP contribution in [0.15, 0.2) is 24.5 Å². The van der Waals surface area contributed by atoms with Crippen molar-refractivity contribution in [1.29, 1.82) is 0 Å². The van der Waals surface area contributed by atoms with Crippen molar-refractivity contribution in [3.63, 3.8) is 0 Å². The van der Waals surface area contributed by atoms with E-state index >= 15 is 0 Å². The van der Waals surface area contributed by atoms with Crippen molar-refractivity contribution in [3.8, 4) is 11.3 Å². The lowest BCUT2D eigenvalue weighted by Gasteiger charge is -2.07. The van der Waals surface area contributed by atoms with Crippen LogP contribution in [0.3, 0.4) is 0 Å². The van der Waals surface area contributed by atoms with Gasteiger partial charge in [0, 0.05) is 11.3 Å².